The normalized spacial score (nSPS) is 18.6. The Labute approximate surface area is 118 Å². The smallest absolute Gasteiger partial charge is 0.236 e. The number of rotatable bonds is 5. The van der Waals surface area contributed by atoms with Crippen LogP contribution in [0.5, 0.6) is 0 Å². The average Bonchev–Trinajstić information content (AvgIpc) is 3.11. The number of fused-ring (bicyclic) bond motifs is 1. The van der Waals surface area contributed by atoms with Crippen LogP contribution in [0.2, 0.25) is 0 Å². The zero-order valence-electron chi connectivity index (χ0n) is 11.8. The zero-order valence-corrected chi connectivity index (χ0v) is 11.8. The second-order valence-corrected chi connectivity index (χ2v) is 5.02. The first-order valence-corrected chi connectivity index (χ1v) is 7.02. The van der Waals surface area contributed by atoms with E-state index in [0.717, 1.165) is 25.1 Å². The van der Waals surface area contributed by atoms with Crippen LogP contribution in [0.3, 0.4) is 0 Å². The summed E-state index contributed by atoms with van der Waals surface area (Å²) in [4.78, 5) is 4.54. The van der Waals surface area contributed by atoms with Crippen molar-refractivity contribution < 1.29 is 9.26 Å². The zero-order chi connectivity index (χ0) is 13.9. The lowest BCUT2D eigenvalue weighted by Crippen LogP contribution is -2.06. The highest BCUT2D eigenvalue weighted by atomic mass is 16.5. The fourth-order valence-corrected chi connectivity index (χ4v) is 2.64. The third kappa shape index (κ3) is 2.29. The van der Waals surface area contributed by atoms with Gasteiger partial charge >= 0.3 is 0 Å². The monoisotopic (exact) mass is 273 g/mol. The van der Waals surface area contributed by atoms with Crippen molar-refractivity contribution in [3.63, 3.8) is 0 Å². The van der Waals surface area contributed by atoms with E-state index in [1.54, 1.807) is 7.11 Å². The van der Waals surface area contributed by atoms with E-state index in [1.807, 2.05) is 12.1 Å². The van der Waals surface area contributed by atoms with Gasteiger partial charge in [-0.3, -0.25) is 0 Å². The Hall–Kier alpha value is -1.88. The molecule has 20 heavy (non-hydrogen) atoms. The molecule has 0 saturated heterocycles. The SMILES string of the molecule is CCCC(OC)c1noc(C2CNc3ccccc32)n1. The third-order valence-corrected chi connectivity index (χ3v) is 3.71. The van der Waals surface area contributed by atoms with Gasteiger partial charge < -0.3 is 14.6 Å². The minimum atomic E-state index is -0.0814. The average molecular weight is 273 g/mol. The molecule has 5 heteroatoms. The van der Waals surface area contributed by atoms with Crippen molar-refractivity contribution in [2.24, 2.45) is 0 Å². The molecule has 0 amide bonds. The number of methoxy groups -OCH3 is 1. The summed E-state index contributed by atoms with van der Waals surface area (Å²) in [5.74, 6) is 1.44. The number of ether oxygens (including phenoxy) is 1. The Morgan fingerprint density at radius 1 is 1.45 bits per heavy atom. The highest BCUT2D eigenvalue weighted by molar-refractivity contribution is 5.59. The number of aromatic nitrogens is 2. The predicted octanol–water partition coefficient (Wildman–Crippen LogP) is 3.11. The van der Waals surface area contributed by atoms with Gasteiger partial charge in [-0.15, -0.1) is 0 Å². The van der Waals surface area contributed by atoms with Gasteiger partial charge in [-0.05, 0) is 18.1 Å². The van der Waals surface area contributed by atoms with Crippen molar-refractivity contribution in [3.8, 4) is 0 Å². The van der Waals surface area contributed by atoms with Crippen LogP contribution >= 0.6 is 0 Å². The maximum absolute atomic E-state index is 5.45. The number of hydrogen-bond donors (Lipinski definition) is 1. The Balaban J connectivity index is 1.84. The van der Waals surface area contributed by atoms with Gasteiger partial charge in [0.15, 0.2) is 0 Å². The summed E-state index contributed by atoms with van der Waals surface area (Å²) in [6, 6.07) is 8.23. The van der Waals surface area contributed by atoms with E-state index in [4.69, 9.17) is 9.26 Å². The lowest BCUT2D eigenvalue weighted by Gasteiger charge is -2.08. The molecule has 2 heterocycles. The van der Waals surface area contributed by atoms with Gasteiger partial charge in [-0.25, -0.2) is 0 Å². The molecule has 1 aromatic carbocycles. The molecular formula is C15H19N3O2. The topological polar surface area (TPSA) is 60.2 Å². The number of para-hydroxylation sites is 1. The van der Waals surface area contributed by atoms with Crippen molar-refractivity contribution in [1.82, 2.24) is 10.1 Å². The standard InChI is InChI=1S/C15H19N3O2/c1-3-6-13(19-2)14-17-15(20-18-14)11-9-16-12-8-5-4-7-10(11)12/h4-5,7-8,11,13,16H,3,6,9H2,1-2H3. The minimum absolute atomic E-state index is 0.0814. The molecule has 1 N–H and O–H groups in total. The van der Waals surface area contributed by atoms with Crippen LogP contribution in [0, 0.1) is 0 Å². The van der Waals surface area contributed by atoms with Crippen LogP contribution in [0.15, 0.2) is 28.8 Å². The van der Waals surface area contributed by atoms with E-state index >= 15 is 0 Å². The van der Waals surface area contributed by atoms with Crippen molar-refractivity contribution in [2.75, 3.05) is 19.0 Å². The van der Waals surface area contributed by atoms with E-state index in [2.05, 4.69) is 34.5 Å². The molecule has 5 nitrogen and oxygen atoms in total. The first-order valence-electron chi connectivity index (χ1n) is 7.02. The molecule has 1 aromatic heterocycles. The van der Waals surface area contributed by atoms with E-state index in [1.165, 1.54) is 5.56 Å². The number of hydrogen-bond acceptors (Lipinski definition) is 5. The maximum Gasteiger partial charge on any atom is 0.236 e. The van der Waals surface area contributed by atoms with Crippen molar-refractivity contribution in [1.29, 1.82) is 0 Å². The molecule has 0 radical (unpaired) electrons. The lowest BCUT2D eigenvalue weighted by molar-refractivity contribution is 0.0854. The van der Waals surface area contributed by atoms with Crippen LogP contribution in [-0.4, -0.2) is 23.8 Å². The fourth-order valence-electron chi connectivity index (χ4n) is 2.64. The summed E-state index contributed by atoms with van der Waals surface area (Å²) in [6.07, 6.45) is 1.84. The predicted molar refractivity (Wildman–Crippen MR) is 75.7 cm³/mol. The summed E-state index contributed by atoms with van der Waals surface area (Å²) in [6.45, 7) is 2.91. The van der Waals surface area contributed by atoms with Gasteiger partial charge in [0.25, 0.3) is 0 Å². The van der Waals surface area contributed by atoms with Crippen molar-refractivity contribution >= 4 is 5.69 Å². The minimum Gasteiger partial charge on any atom is -0.384 e. The molecule has 0 fully saturated rings. The number of nitrogens with zero attached hydrogens (tertiary/aromatic N) is 2. The van der Waals surface area contributed by atoms with Gasteiger partial charge in [-0.1, -0.05) is 36.7 Å². The van der Waals surface area contributed by atoms with Crippen LogP contribution in [0.1, 0.15) is 49.1 Å². The lowest BCUT2D eigenvalue weighted by atomic mass is 10.0. The third-order valence-electron chi connectivity index (χ3n) is 3.71. The summed E-state index contributed by atoms with van der Waals surface area (Å²) in [7, 11) is 1.68. The van der Waals surface area contributed by atoms with Gasteiger partial charge in [0.2, 0.25) is 11.7 Å². The summed E-state index contributed by atoms with van der Waals surface area (Å²) in [5, 5.41) is 7.45. The highest BCUT2D eigenvalue weighted by Gasteiger charge is 2.29. The van der Waals surface area contributed by atoms with Crippen molar-refractivity contribution in [3.05, 3.63) is 41.5 Å². The number of nitrogens with one attached hydrogen (secondary N) is 1. The van der Waals surface area contributed by atoms with E-state index in [9.17, 15) is 0 Å². The highest BCUT2D eigenvalue weighted by Crippen LogP contribution is 2.35. The van der Waals surface area contributed by atoms with Crippen LogP contribution in [0.25, 0.3) is 0 Å². The second kappa shape index (κ2) is 5.63. The van der Waals surface area contributed by atoms with Gasteiger partial charge in [0.05, 0.1) is 5.92 Å². The Bertz CT molecular complexity index is 582. The molecule has 1 aliphatic rings. The van der Waals surface area contributed by atoms with Crippen LogP contribution in [-0.2, 0) is 4.74 Å². The Kier molecular flexibility index (Phi) is 3.69. The van der Waals surface area contributed by atoms with Crippen molar-refractivity contribution in [2.45, 2.75) is 31.8 Å². The molecule has 0 aliphatic carbocycles. The Morgan fingerprint density at radius 2 is 2.30 bits per heavy atom. The summed E-state index contributed by atoms with van der Waals surface area (Å²) in [5.41, 5.74) is 2.36. The van der Waals surface area contributed by atoms with E-state index < -0.39 is 0 Å². The first-order chi connectivity index (χ1) is 9.83. The van der Waals surface area contributed by atoms with Gasteiger partial charge in [0.1, 0.15) is 6.10 Å². The van der Waals surface area contributed by atoms with Gasteiger partial charge in [-0.2, -0.15) is 4.98 Å². The number of anilines is 1. The molecule has 0 spiro atoms. The molecule has 3 rings (SSSR count). The van der Waals surface area contributed by atoms with E-state index in [0.29, 0.717) is 11.7 Å². The molecule has 0 saturated carbocycles. The molecule has 2 unspecified atom stereocenters. The molecule has 2 aromatic rings. The van der Waals surface area contributed by atoms with Crippen LogP contribution in [0.4, 0.5) is 5.69 Å². The molecular weight excluding hydrogens is 254 g/mol. The Morgan fingerprint density at radius 3 is 3.10 bits per heavy atom. The van der Waals surface area contributed by atoms with Gasteiger partial charge in [0, 0.05) is 19.3 Å². The summed E-state index contributed by atoms with van der Waals surface area (Å²) >= 11 is 0. The quantitative estimate of drug-likeness (QED) is 0.907. The molecule has 0 bridgehead atoms. The second-order valence-electron chi connectivity index (χ2n) is 5.02. The van der Waals surface area contributed by atoms with E-state index in [-0.39, 0.29) is 12.0 Å². The molecule has 1 aliphatic heterocycles. The fraction of sp³-hybridized carbons (Fsp3) is 0.467. The summed E-state index contributed by atoms with van der Waals surface area (Å²) < 4.78 is 10.9. The largest absolute Gasteiger partial charge is 0.384 e. The maximum atomic E-state index is 5.45. The number of benzene rings is 1. The first kappa shape index (κ1) is 13.1. The van der Waals surface area contributed by atoms with Crippen LogP contribution < -0.4 is 5.32 Å². The molecule has 2 atom stereocenters. The molecule has 106 valence electrons.